The summed E-state index contributed by atoms with van der Waals surface area (Å²) in [6.07, 6.45) is 5.37. The molecule has 1 saturated carbocycles. The van der Waals surface area contributed by atoms with Crippen molar-refractivity contribution in [2.24, 2.45) is 5.92 Å². The highest BCUT2D eigenvalue weighted by Crippen LogP contribution is 2.27. The number of hydrogen-bond acceptors (Lipinski definition) is 1. The molecule has 15 heavy (non-hydrogen) atoms. The van der Waals surface area contributed by atoms with E-state index in [0.29, 0.717) is 0 Å². The van der Waals surface area contributed by atoms with Crippen LogP contribution in [0, 0.1) is 11.7 Å². The van der Waals surface area contributed by atoms with Crippen molar-refractivity contribution in [2.75, 3.05) is 11.9 Å². The van der Waals surface area contributed by atoms with Crippen LogP contribution in [0.3, 0.4) is 0 Å². The first-order valence-electron chi connectivity index (χ1n) is 5.44. The number of anilines is 1. The van der Waals surface area contributed by atoms with Crippen LogP contribution in [0.2, 0.25) is 0 Å². The maximum absolute atomic E-state index is 12.8. The van der Waals surface area contributed by atoms with Crippen LogP contribution in [0.1, 0.15) is 25.7 Å². The highest BCUT2D eigenvalue weighted by molar-refractivity contribution is 9.10. The Morgan fingerprint density at radius 2 is 2.07 bits per heavy atom. The summed E-state index contributed by atoms with van der Waals surface area (Å²) in [6.45, 7) is 1.00. The van der Waals surface area contributed by atoms with Gasteiger partial charge < -0.3 is 5.32 Å². The molecule has 1 N–H and O–H groups in total. The number of benzene rings is 1. The predicted octanol–water partition coefficient (Wildman–Crippen LogP) is 4.19. The van der Waals surface area contributed by atoms with Crippen LogP contribution in [0.5, 0.6) is 0 Å². The maximum atomic E-state index is 12.8. The monoisotopic (exact) mass is 271 g/mol. The first kappa shape index (κ1) is 10.9. The fraction of sp³-hybridized carbons (Fsp3) is 0.500. The molecule has 0 saturated heterocycles. The Morgan fingerprint density at radius 3 is 2.73 bits per heavy atom. The van der Waals surface area contributed by atoms with Gasteiger partial charge in [0.15, 0.2) is 0 Å². The van der Waals surface area contributed by atoms with Gasteiger partial charge in [0.2, 0.25) is 0 Å². The second-order valence-corrected chi connectivity index (χ2v) is 5.01. The predicted molar refractivity (Wildman–Crippen MR) is 64.5 cm³/mol. The Bertz CT molecular complexity index is 334. The topological polar surface area (TPSA) is 12.0 Å². The number of hydrogen-bond donors (Lipinski definition) is 1. The minimum atomic E-state index is -0.201. The molecule has 1 nitrogen and oxygen atoms in total. The van der Waals surface area contributed by atoms with E-state index in [0.717, 1.165) is 22.6 Å². The lowest BCUT2D eigenvalue weighted by atomic mass is 10.1. The van der Waals surface area contributed by atoms with Crippen LogP contribution in [-0.4, -0.2) is 6.54 Å². The van der Waals surface area contributed by atoms with Gasteiger partial charge in [0, 0.05) is 16.7 Å². The van der Waals surface area contributed by atoms with E-state index < -0.39 is 0 Å². The van der Waals surface area contributed by atoms with Crippen LogP contribution in [-0.2, 0) is 0 Å². The van der Waals surface area contributed by atoms with Gasteiger partial charge in [-0.2, -0.15) is 0 Å². The summed E-state index contributed by atoms with van der Waals surface area (Å²) in [5.41, 5.74) is 0.989. The molecule has 1 fully saturated rings. The van der Waals surface area contributed by atoms with Crippen molar-refractivity contribution >= 4 is 21.6 Å². The van der Waals surface area contributed by atoms with Gasteiger partial charge in [-0.25, -0.2) is 4.39 Å². The number of rotatable bonds is 3. The third-order valence-electron chi connectivity index (χ3n) is 2.99. The van der Waals surface area contributed by atoms with E-state index >= 15 is 0 Å². The first-order chi connectivity index (χ1) is 7.25. The van der Waals surface area contributed by atoms with E-state index in [2.05, 4.69) is 21.2 Å². The maximum Gasteiger partial charge on any atom is 0.124 e. The zero-order chi connectivity index (χ0) is 10.7. The Kier molecular flexibility index (Phi) is 3.62. The average Bonchev–Trinajstić information content (AvgIpc) is 2.69. The minimum absolute atomic E-state index is 0.201. The van der Waals surface area contributed by atoms with E-state index in [-0.39, 0.29) is 5.82 Å². The van der Waals surface area contributed by atoms with Crippen molar-refractivity contribution in [2.45, 2.75) is 25.7 Å². The van der Waals surface area contributed by atoms with Gasteiger partial charge in [0.25, 0.3) is 0 Å². The number of halogens is 2. The molecule has 0 unspecified atom stereocenters. The quantitative estimate of drug-likeness (QED) is 0.869. The summed E-state index contributed by atoms with van der Waals surface area (Å²) in [7, 11) is 0. The molecule has 1 aromatic rings. The highest BCUT2D eigenvalue weighted by atomic mass is 79.9. The summed E-state index contributed by atoms with van der Waals surface area (Å²) in [5.74, 6) is 0.593. The van der Waals surface area contributed by atoms with Crippen molar-refractivity contribution in [3.8, 4) is 0 Å². The van der Waals surface area contributed by atoms with Gasteiger partial charge in [-0.05, 0) is 52.9 Å². The van der Waals surface area contributed by atoms with Gasteiger partial charge in [-0.1, -0.05) is 12.8 Å². The van der Waals surface area contributed by atoms with E-state index in [1.54, 1.807) is 6.07 Å². The van der Waals surface area contributed by atoms with Gasteiger partial charge >= 0.3 is 0 Å². The lowest BCUT2D eigenvalue weighted by Gasteiger charge is -2.12. The van der Waals surface area contributed by atoms with Gasteiger partial charge in [0.1, 0.15) is 5.82 Å². The Balaban J connectivity index is 1.92. The second kappa shape index (κ2) is 4.97. The average molecular weight is 272 g/mol. The van der Waals surface area contributed by atoms with E-state index in [9.17, 15) is 4.39 Å². The van der Waals surface area contributed by atoms with Gasteiger partial charge in [-0.15, -0.1) is 0 Å². The molecule has 3 heteroatoms. The molecule has 1 aliphatic carbocycles. The molecule has 0 spiro atoms. The molecule has 0 aromatic heterocycles. The van der Waals surface area contributed by atoms with Crippen molar-refractivity contribution < 1.29 is 4.39 Å². The van der Waals surface area contributed by atoms with E-state index in [1.165, 1.54) is 37.8 Å². The van der Waals surface area contributed by atoms with Crippen molar-refractivity contribution in [3.63, 3.8) is 0 Å². The van der Waals surface area contributed by atoms with Crippen LogP contribution in [0.15, 0.2) is 22.7 Å². The summed E-state index contributed by atoms with van der Waals surface area (Å²) in [5, 5.41) is 3.37. The molecule has 0 bridgehead atoms. The van der Waals surface area contributed by atoms with E-state index in [1.807, 2.05) is 0 Å². The van der Waals surface area contributed by atoms with Crippen LogP contribution < -0.4 is 5.32 Å². The Morgan fingerprint density at radius 1 is 1.33 bits per heavy atom. The number of nitrogens with one attached hydrogen (secondary N) is 1. The molecule has 0 amide bonds. The van der Waals surface area contributed by atoms with E-state index in [4.69, 9.17) is 0 Å². The summed E-state index contributed by atoms with van der Waals surface area (Å²) in [4.78, 5) is 0. The third-order valence-corrected chi connectivity index (χ3v) is 3.64. The molecule has 0 aliphatic heterocycles. The minimum Gasteiger partial charge on any atom is -0.384 e. The molecular weight excluding hydrogens is 257 g/mol. The Labute approximate surface area is 98.2 Å². The van der Waals surface area contributed by atoms with Crippen LogP contribution in [0.25, 0.3) is 0 Å². The molecule has 0 radical (unpaired) electrons. The lowest BCUT2D eigenvalue weighted by molar-refractivity contribution is 0.579. The molecule has 1 aliphatic rings. The van der Waals surface area contributed by atoms with Crippen molar-refractivity contribution in [1.82, 2.24) is 0 Å². The highest BCUT2D eigenvalue weighted by Gasteiger charge is 2.14. The molecule has 1 aromatic carbocycles. The standard InChI is InChI=1S/C12H15BrFN/c13-11-7-10(14)5-6-12(11)15-8-9-3-1-2-4-9/h5-7,9,15H,1-4,8H2. The summed E-state index contributed by atoms with van der Waals surface area (Å²) < 4.78 is 13.6. The second-order valence-electron chi connectivity index (χ2n) is 4.16. The Hall–Kier alpha value is -0.570. The zero-order valence-corrected chi connectivity index (χ0v) is 10.2. The van der Waals surface area contributed by atoms with Gasteiger partial charge in [-0.3, -0.25) is 0 Å². The van der Waals surface area contributed by atoms with Crippen molar-refractivity contribution in [1.29, 1.82) is 0 Å². The fourth-order valence-electron chi connectivity index (χ4n) is 2.10. The molecule has 0 heterocycles. The summed E-state index contributed by atoms with van der Waals surface area (Å²) in [6, 6.07) is 4.77. The largest absolute Gasteiger partial charge is 0.384 e. The fourth-order valence-corrected chi connectivity index (χ4v) is 2.59. The SMILES string of the molecule is Fc1ccc(NCC2CCCC2)c(Br)c1. The molecule has 0 atom stereocenters. The normalized spacial score (nSPS) is 16.9. The summed E-state index contributed by atoms with van der Waals surface area (Å²) >= 11 is 3.35. The van der Waals surface area contributed by atoms with Gasteiger partial charge in [0.05, 0.1) is 0 Å². The lowest BCUT2D eigenvalue weighted by Crippen LogP contribution is -2.11. The van der Waals surface area contributed by atoms with Crippen molar-refractivity contribution in [3.05, 3.63) is 28.5 Å². The molecule has 82 valence electrons. The van der Waals surface area contributed by atoms with Crippen LogP contribution in [0.4, 0.5) is 10.1 Å². The molecular formula is C12H15BrFN. The van der Waals surface area contributed by atoms with Crippen LogP contribution >= 0.6 is 15.9 Å². The molecule has 2 rings (SSSR count). The zero-order valence-electron chi connectivity index (χ0n) is 8.60. The third kappa shape index (κ3) is 2.94. The smallest absolute Gasteiger partial charge is 0.124 e. The first-order valence-corrected chi connectivity index (χ1v) is 6.24.